The summed E-state index contributed by atoms with van der Waals surface area (Å²) >= 11 is 0. The standard InChI is InChI=1S/C16H17N5O4/c1-8(2)11-7-12(25-19-11)18-14(22)10-6-5-9-13(17-10)20(3)16(24)21(4)15(9)23/h5-8H,1-4H3,(H,18,22). The third kappa shape index (κ3) is 2.84. The van der Waals surface area contributed by atoms with Gasteiger partial charge in [-0.3, -0.25) is 24.0 Å². The molecule has 0 atom stereocenters. The highest BCUT2D eigenvalue weighted by atomic mass is 16.5. The Labute approximate surface area is 141 Å². The molecule has 0 spiro atoms. The molecule has 3 rings (SSSR count). The highest BCUT2D eigenvalue weighted by Gasteiger charge is 2.16. The van der Waals surface area contributed by atoms with Crippen LogP contribution >= 0.6 is 0 Å². The van der Waals surface area contributed by atoms with Gasteiger partial charge in [0.15, 0.2) is 0 Å². The molecular formula is C16H17N5O4. The Kier molecular flexibility index (Phi) is 3.99. The summed E-state index contributed by atoms with van der Waals surface area (Å²) in [7, 11) is 2.88. The molecule has 3 aromatic rings. The topological polar surface area (TPSA) is 112 Å². The second-order valence-electron chi connectivity index (χ2n) is 6.00. The third-order valence-corrected chi connectivity index (χ3v) is 3.89. The van der Waals surface area contributed by atoms with E-state index in [1.807, 2.05) is 13.8 Å². The van der Waals surface area contributed by atoms with Gasteiger partial charge in [0.25, 0.3) is 11.5 Å². The molecule has 1 N–H and O–H groups in total. The van der Waals surface area contributed by atoms with E-state index in [1.165, 1.54) is 30.8 Å². The van der Waals surface area contributed by atoms with Gasteiger partial charge in [0, 0.05) is 20.2 Å². The molecule has 0 fully saturated rings. The minimum absolute atomic E-state index is 0.0539. The van der Waals surface area contributed by atoms with Crippen molar-refractivity contribution >= 4 is 22.8 Å². The van der Waals surface area contributed by atoms with Crippen molar-refractivity contribution < 1.29 is 9.32 Å². The molecule has 0 saturated heterocycles. The zero-order chi connectivity index (χ0) is 18.3. The zero-order valence-corrected chi connectivity index (χ0v) is 14.2. The maximum Gasteiger partial charge on any atom is 0.332 e. The Morgan fingerprint density at radius 3 is 2.56 bits per heavy atom. The molecule has 3 aromatic heterocycles. The quantitative estimate of drug-likeness (QED) is 0.759. The van der Waals surface area contributed by atoms with Crippen molar-refractivity contribution in [1.82, 2.24) is 19.3 Å². The van der Waals surface area contributed by atoms with Crippen LogP contribution in [0.4, 0.5) is 5.88 Å². The maximum absolute atomic E-state index is 12.4. The van der Waals surface area contributed by atoms with Crippen molar-refractivity contribution in [3.05, 3.63) is 50.4 Å². The molecule has 0 aliphatic rings. The maximum atomic E-state index is 12.4. The van der Waals surface area contributed by atoms with Gasteiger partial charge in [0.2, 0.25) is 5.88 Å². The first-order valence-electron chi connectivity index (χ1n) is 7.64. The zero-order valence-electron chi connectivity index (χ0n) is 14.2. The Bertz CT molecular complexity index is 1090. The minimum atomic E-state index is -0.526. The lowest BCUT2D eigenvalue weighted by atomic mass is 10.1. The number of aryl methyl sites for hydroxylation is 1. The second-order valence-corrected chi connectivity index (χ2v) is 6.00. The van der Waals surface area contributed by atoms with Gasteiger partial charge in [0.05, 0.1) is 11.1 Å². The molecule has 9 heteroatoms. The number of fused-ring (bicyclic) bond motifs is 1. The summed E-state index contributed by atoms with van der Waals surface area (Å²) in [4.78, 5) is 40.6. The van der Waals surface area contributed by atoms with Crippen molar-refractivity contribution in [3.8, 4) is 0 Å². The van der Waals surface area contributed by atoms with E-state index in [2.05, 4.69) is 15.5 Å². The van der Waals surface area contributed by atoms with Crippen LogP contribution in [0.3, 0.4) is 0 Å². The van der Waals surface area contributed by atoms with E-state index in [-0.39, 0.29) is 28.5 Å². The van der Waals surface area contributed by atoms with Gasteiger partial charge < -0.3 is 4.52 Å². The predicted molar refractivity (Wildman–Crippen MR) is 90.8 cm³/mol. The minimum Gasteiger partial charge on any atom is -0.338 e. The normalized spacial score (nSPS) is 11.2. The number of carbonyl (C=O) groups is 1. The molecule has 0 aromatic carbocycles. The van der Waals surface area contributed by atoms with Crippen LogP contribution in [0.25, 0.3) is 11.0 Å². The molecule has 130 valence electrons. The van der Waals surface area contributed by atoms with E-state index in [1.54, 1.807) is 6.07 Å². The van der Waals surface area contributed by atoms with Crippen molar-refractivity contribution in [2.75, 3.05) is 5.32 Å². The van der Waals surface area contributed by atoms with E-state index in [0.717, 1.165) is 4.57 Å². The summed E-state index contributed by atoms with van der Waals surface area (Å²) < 4.78 is 7.28. The number of hydrogen-bond donors (Lipinski definition) is 1. The molecule has 0 saturated carbocycles. The monoisotopic (exact) mass is 343 g/mol. The van der Waals surface area contributed by atoms with Crippen LogP contribution in [0.5, 0.6) is 0 Å². The van der Waals surface area contributed by atoms with Crippen LogP contribution < -0.4 is 16.6 Å². The molecular weight excluding hydrogens is 326 g/mol. The molecule has 25 heavy (non-hydrogen) atoms. The first-order valence-corrected chi connectivity index (χ1v) is 7.64. The van der Waals surface area contributed by atoms with Crippen LogP contribution in [0.15, 0.2) is 32.3 Å². The number of carbonyl (C=O) groups excluding carboxylic acids is 1. The first kappa shape index (κ1) is 16.6. The summed E-state index contributed by atoms with van der Waals surface area (Å²) in [5.74, 6) is -0.158. The second kappa shape index (κ2) is 6.00. The first-order chi connectivity index (χ1) is 11.8. The van der Waals surface area contributed by atoms with Gasteiger partial charge in [-0.2, -0.15) is 0 Å². The summed E-state index contributed by atoms with van der Waals surface area (Å²) in [5.41, 5.74) is -0.0687. The highest BCUT2D eigenvalue weighted by molar-refractivity contribution is 6.03. The van der Waals surface area contributed by atoms with Gasteiger partial charge in [-0.15, -0.1) is 0 Å². The molecule has 9 nitrogen and oxygen atoms in total. The van der Waals surface area contributed by atoms with Crippen molar-refractivity contribution in [2.24, 2.45) is 14.1 Å². The summed E-state index contributed by atoms with van der Waals surface area (Å²) in [6.45, 7) is 3.91. The fourth-order valence-corrected chi connectivity index (χ4v) is 2.38. The van der Waals surface area contributed by atoms with E-state index in [9.17, 15) is 14.4 Å². The van der Waals surface area contributed by atoms with Crippen LogP contribution in [0.2, 0.25) is 0 Å². The van der Waals surface area contributed by atoms with Crippen molar-refractivity contribution in [2.45, 2.75) is 19.8 Å². The van der Waals surface area contributed by atoms with Crippen LogP contribution in [0, 0.1) is 0 Å². The highest BCUT2D eigenvalue weighted by Crippen LogP contribution is 2.18. The fourth-order valence-electron chi connectivity index (χ4n) is 2.38. The van der Waals surface area contributed by atoms with Crippen molar-refractivity contribution in [3.63, 3.8) is 0 Å². The molecule has 0 bridgehead atoms. The number of nitrogens with zero attached hydrogens (tertiary/aromatic N) is 4. The Hall–Kier alpha value is -3.23. The van der Waals surface area contributed by atoms with E-state index in [4.69, 9.17) is 4.52 Å². The molecule has 0 unspecified atom stereocenters. The van der Waals surface area contributed by atoms with E-state index in [0.29, 0.717) is 5.69 Å². The summed E-state index contributed by atoms with van der Waals surface area (Å²) in [6, 6.07) is 4.53. The van der Waals surface area contributed by atoms with Crippen molar-refractivity contribution in [1.29, 1.82) is 0 Å². The smallest absolute Gasteiger partial charge is 0.332 e. The lowest BCUT2D eigenvalue weighted by molar-refractivity contribution is 0.101. The number of hydrogen-bond acceptors (Lipinski definition) is 6. The molecule has 0 aliphatic carbocycles. The number of aromatic nitrogens is 4. The fraction of sp³-hybridized carbons (Fsp3) is 0.312. The molecule has 3 heterocycles. The lowest BCUT2D eigenvalue weighted by Crippen LogP contribution is -2.37. The Morgan fingerprint density at radius 2 is 1.92 bits per heavy atom. The van der Waals surface area contributed by atoms with Crippen LogP contribution in [0.1, 0.15) is 35.9 Å². The summed E-state index contributed by atoms with van der Waals surface area (Å²) in [5, 5.41) is 6.67. The predicted octanol–water partition coefficient (Wildman–Crippen LogP) is 0.996. The lowest BCUT2D eigenvalue weighted by Gasteiger charge is -2.07. The van der Waals surface area contributed by atoms with Gasteiger partial charge in [-0.1, -0.05) is 19.0 Å². The average molecular weight is 343 g/mol. The SMILES string of the molecule is CC(C)c1cc(NC(=O)c2ccc3c(=O)n(C)c(=O)n(C)c3n2)on1. The Morgan fingerprint density at radius 1 is 1.20 bits per heavy atom. The molecule has 1 amide bonds. The van der Waals surface area contributed by atoms with E-state index >= 15 is 0 Å². The van der Waals surface area contributed by atoms with Crippen LogP contribution in [-0.4, -0.2) is 25.2 Å². The Balaban J connectivity index is 1.99. The van der Waals surface area contributed by atoms with Gasteiger partial charge >= 0.3 is 5.69 Å². The van der Waals surface area contributed by atoms with E-state index < -0.39 is 17.2 Å². The van der Waals surface area contributed by atoms with Gasteiger partial charge in [-0.05, 0) is 18.1 Å². The van der Waals surface area contributed by atoms with Gasteiger partial charge in [-0.25, -0.2) is 9.78 Å². The largest absolute Gasteiger partial charge is 0.338 e. The van der Waals surface area contributed by atoms with Crippen LogP contribution in [-0.2, 0) is 14.1 Å². The molecule has 0 aliphatic heterocycles. The number of pyridine rings is 1. The van der Waals surface area contributed by atoms with Gasteiger partial charge in [0.1, 0.15) is 11.3 Å². The summed E-state index contributed by atoms with van der Waals surface area (Å²) in [6.07, 6.45) is 0. The number of rotatable bonds is 3. The number of nitrogens with one attached hydrogen (secondary N) is 1. The third-order valence-electron chi connectivity index (χ3n) is 3.89. The number of anilines is 1. The average Bonchev–Trinajstić information content (AvgIpc) is 3.06. The number of amides is 1. The molecule has 0 radical (unpaired) electrons.